The Labute approximate surface area is 167 Å². The molecule has 1 aliphatic carbocycles. The number of nitrogens with one attached hydrogen (secondary N) is 1. The standard InChI is InChI=1S/C22H31N3O3/c1-16(26)15-25-11-9-19(13-21(25)27)22(28)23-10-5-4-6-17-12-18-7-2-3-8-20(18)24-14-17/h12,14,19H,2-11,13,15H2,1H3,(H,23,28). The zero-order valence-corrected chi connectivity index (χ0v) is 16.8. The van der Waals surface area contributed by atoms with E-state index in [-0.39, 0.29) is 36.5 Å². The summed E-state index contributed by atoms with van der Waals surface area (Å²) >= 11 is 0. The van der Waals surface area contributed by atoms with E-state index in [1.807, 2.05) is 6.20 Å². The number of carbonyl (C=O) groups excluding carboxylic acids is 3. The molecule has 1 atom stereocenters. The molecule has 1 aromatic heterocycles. The van der Waals surface area contributed by atoms with E-state index in [1.165, 1.54) is 36.6 Å². The van der Waals surface area contributed by atoms with E-state index in [0.717, 1.165) is 32.1 Å². The minimum Gasteiger partial charge on any atom is -0.356 e. The minimum atomic E-state index is -0.263. The Balaban J connectivity index is 1.34. The van der Waals surface area contributed by atoms with Crippen molar-refractivity contribution in [3.05, 3.63) is 29.1 Å². The van der Waals surface area contributed by atoms with E-state index in [9.17, 15) is 14.4 Å². The number of Topliss-reactive ketones (excluding diaryl/α,β-unsaturated/α-hetero) is 1. The second kappa shape index (κ2) is 9.80. The molecule has 0 radical (unpaired) electrons. The number of fused-ring (bicyclic) bond motifs is 1. The van der Waals surface area contributed by atoms with Gasteiger partial charge in [0.15, 0.2) is 0 Å². The molecule has 1 N–H and O–H groups in total. The van der Waals surface area contributed by atoms with E-state index >= 15 is 0 Å². The fourth-order valence-electron chi connectivity index (χ4n) is 4.12. The zero-order chi connectivity index (χ0) is 19.9. The molecule has 152 valence electrons. The van der Waals surface area contributed by atoms with Gasteiger partial charge in [0.05, 0.1) is 6.54 Å². The SMILES string of the molecule is CC(=O)CN1CCC(C(=O)NCCCCc2cnc3c(c2)CCCC3)CC1=O. The van der Waals surface area contributed by atoms with Crippen LogP contribution in [0, 0.1) is 5.92 Å². The Morgan fingerprint density at radius 2 is 2.07 bits per heavy atom. The van der Waals surface area contributed by atoms with E-state index in [0.29, 0.717) is 19.5 Å². The van der Waals surface area contributed by atoms with Crippen molar-refractivity contribution in [2.75, 3.05) is 19.6 Å². The summed E-state index contributed by atoms with van der Waals surface area (Å²) < 4.78 is 0. The van der Waals surface area contributed by atoms with Crippen LogP contribution in [0.5, 0.6) is 0 Å². The van der Waals surface area contributed by atoms with Crippen molar-refractivity contribution in [1.82, 2.24) is 15.2 Å². The fraction of sp³-hybridized carbons (Fsp3) is 0.636. The highest BCUT2D eigenvalue weighted by atomic mass is 16.2. The van der Waals surface area contributed by atoms with Crippen LogP contribution in [0.1, 0.15) is 62.3 Å². The van der Waals surface area contributed by atoms with E-state index in [1.54, 1.807) is 4.90 Å². The van der Waals surface area contributed by atoms with Crippen LogP contribution in [0.25, 0.3) is 0 Å². The van der Waals surface area contributed by atoms with Gasteiger partial charge in [-0.2, -0.15) is 0 Å². The largest absolute Gasteiger partial charge is 0.356 e. The maximum atomic E-state index is 12.3. The number of nitrogens with zero attached hydrogens (tertiary/aromatic N) is 2. The Morgan fingerprint density at radius 1 is 1.25 bits per heavy atom. The summed E-state index contributed by atoms with van der Waals surface area (Å²) in [6.07, 6.45) is 10.5. The number of hydrogen-bond donors (Lipinski definition) is 1. The Morgan fingerprint density at radius 3 is 2.86 bits per heavy atom. The van der Waals surface area contributed by atoms with E-state index in [2.05, 4.69) is 16.4 Å². The van der Waals surface area contributed by atoms with Gasteiger partial charge in [0, 0.05) is 37.3 Å². The lowest BCUT2D eigenvalue weighted by Gasteiger charge is -2.30. The van der Waals surface area contributed by atoms with Crippen LogP contribution in [-0.4, -0.2) is 47.1 Å². The summed E-state index contributed by atoms with van der Waals surface area (Å²) in [7, 11) is 0. The summed E-state index contributed by atoms with van der Waals surface area (Å²) in [6.45, 7) is 2.76. The van der Waals surface area contributed by atoms with Crippen molar-refractivity contribution in [2.45, 2.75) is 64.7 Å². The normalized spacial score (nSPS) is 19.2. The van der Waals surface area contributed by atoms with Gasteiger partial charge in [-0.05, 0) is 69.4 Å². The molecule has 1 unspecified atom stereocenters. The van der Waals surface area contributed by atoms with E-state index < -0.39 is 0 Å². The molecule has 0 aromatic carbocycles. The van der Waals surface area contributed by atoms with Crippen LogP contribution in [-0.2, 0) is 33.6 Å². The fourth-order valence-corrected chi connectivity index (χ4v) is 4.12. The number of rotatable bonds is 8. The maximum Gasteiger partial charge on any atom is 0.223 e. The number of unbranched alkanes of at least 4 members (excludes halogenated alkanes) is 1. The molecule has 0 spiro atoms. The monoisotopic (exact) mass is 385 g/mol. The molecule has 1 fully saturated rings. The van der Waals surface area contributed by atoms with Crippen LogP contribution < -0.4 is 5.32 Å². The number of likely N-dealkylation sites (tertiary alicyclic amines) is 1. The average Bonchev–Trinajstić information content (AvgIpc) is 2.68. The van der Waals surface area contributed by atoms with Crippen molar-refractivity contribution in [2.24, 2.45) is 5.92 Å². The lowest BCUT2D eigenvalue weighted by atomic mass is 9.94. The van der Waals surface area contributed by atoms with Crippen molar-refractivity contribution in [3.63, 3.8) is 0 Å². The molecule has 0 saturated carbocycles. The number of piperidine rings is 1. The topological polar surface area (TPSA) is 79.4 Å². The van der Waals surface area contributed by atoms with Gasteiger partial charge in [-0.25, -0.2) is 0 Å². The van der Waals surface area contributed by atoms with Crippen molar-refractivity contribution < 1.29 is 14.4 Å². The quantitative estimate of drug-likeness (QED) is 0.696. The number of hydrogen-bond acceptors (Lipinski definition) is 4. The predicted molar refractivity (Wildman–Crippen MR) is 107 cm³/mol. The Hall–Kier alpha value is -2.24. The van der Waals surface area contributed by atoms with Gasteiger partial charge in [0.1, 0.15) is 5.78 Å². The maximum absolute atomic E-state index is 12.3. The van der Waals surface area contributed by atoms with Crippen LogP contribution >= 0.6 is 0 Å². The third-order valence-electron chi connectivity index (χ3n) is 5.72. The second-order valence-electron chi connectivity index (χ2n) is 8.11. The van der Waals surface area contributed by atoms with Gasteiger partial charge >= 0.3 is 0 Å². The first-order valence-electron chi connectivity index (χ1n) is 10.5. The number of pyridine rings is 1. The van der Waals surface area contributed by atoms with Crippen molar-refractivity contribution in [1.29, 1.82) is 0 Å². The number of ketones is 1. The van der Waals surface area contributed by atoms with Gasteiger partial charge in [-0.3, -0.25) is 19.4 Å². The molecule has 6 nitrogen and oxygen atoms in total. The molecule has 6 heteroatoms. The third kappa shape index (κ3) is 5.63. The smallest absolute Gasteiger partial charge is 0.223 e. The summed E-state index contributed by atoms with van der Waals surface area (Å²) in [5, 5.41) is 2.97. The average molecular weight is 386 g/mol. The number of aryl methyl sites for hydroxylation is 3. The first-order chi connectivity index (χ1) is 13.5. The Kier molecular flexibility index (Phi) is 7.18. The molecule has 1 aromatic rings. The summed E-state index contributed by atoms with van der Waals surface area (Å²) in [4.78, 5) is 41.7. The molecular formula is C22H31N3O3. The molecular weight excluding hydrogens is 354 g/mol. The van der Waals surface area contributed by atoms with Crippen LogP contribution in [0.2, 0.25) is 0 Å². The lowest BCUT2D eigenvalue weighted by molar-refractivity contribution is -0.142. The van der Waals surface area contributed by atoms with Crippen LogP contribution in [0.4, 0.5) is 0 Å². The lowest BCUT2D eigenvalue weighted by Crippen LogP contribution is -2.45. The molecule has 2 heterocycles. The van der Waals surface area contributed by atoms with Crippen LogP contribution in [0.15, 0.2) is 12.3 Å². The highest BCUT2D eigenvalue weighted by molar-refractivity contribution is 5.89. The molecule has 1 aliphatic heterocycles. The third-order valence-corrected chi connectivity index (χ3v) is 5.72. The van der Waals surface area contributed by atoms with Gasteiger partial charge in [-0.15, -0.1) is 0 Å². The van der Waals surface area contributed by atoms with Gasteiger partial charge in [0.25, 0.3) is 0 Å². The minimum absolute atomic E-state index is 0.0228. The summed E-state index contributed by atoms with van der Waals surface area (Å²) in [6, 6.07) is 2.31. The number of carbonyl (C=O) groups is 3. The molecule has 28 heavy (non-hydrogen) atoms. The van der Waals surface area contributed by atoms with Gasteiger partial charge in [0.2, 0.25) is 11.8 Å². The highest BCUT2D eigenvalue weighted by Gasteiger charge is 2.30. The van der Waals surface area contributed by atoms with Crippen molar-refractivity contribution >= 4 is 17.6 Å². The Bertz CT molecular complexity index is 732. The number of amides is 2. The number of aromatic nitrogens is 1. The molecule has 0 bridgehead atoms. The molecule has 2 amide bonds. The zero-order valence-electron chi connectivity index (χ0n) is 16.8. The summed E-state index contributed by atoms with van der Waals surface area (Å²) in [5.74, 6) is -0.418. The highest BCUT2D eigenvalue weighted by Crippen LogP contribution is 2.21. The second-order valence-corrected chi connectivity index (χ2v) is 8.11. The van der Waals surface area contributed by atoms with E-state index in [4.69, 9.17) is 0 Å². The van der Waals surface area contributed by atoms with Gasteiger partial charge < -0.3 is 10.2 Å². The molecule has 2 aliphatic rings. The van der Waals surface area contributed by atoms with Crippen LogP contribution in [0.3, 0.4) is 0 Å². The molecule has 1 saturated heterocycles. The first-order valence-corrected chi connectivity index (χ1v) is 10.5. The first kappa shape index (κ1) is 20.5. The summed E-state index contributed by atoms with van der Waals surface area (Å²) in [5.41, 5.74) is 3.97. The van der Waals surface area contributed by atoms with Crippen molar-refractivity contribution in [3.8, 4) is 0 Å². The molecule has 3 rings (SSSR count). The van der Waals surface area contributed by atoms with Gasteiger partial charge in [-0.1, -0.05) is 6.07 Å². The predicted octanol–water partition coefficient (Wildman–Crippen LogP) is 2.23.